The summed E-state index contributed by atoms with van der Waals surface area (Å²) in [6.07, 6.45) is -5.82. The van der Waals surface area contributed by atoms with Gasteiger partial charge >= 0.3 is 6.18 Å². The number of rotatable bonds is 4. The van der Waals surface area contributed by atoms with E-state index >= 15 is 4.39 Å². The van der Waals surface area contributed by atoms with Crippen LogP contribution in [0.1, 0.15) is 42.5 Å². The highest BCUT2D eigenvalue weighted by Crippen LogP contribution is 2.50. The Morgan fingerprint density at radius 1 is 1.19 bits per heavy atom. The van der Waals surface area contributed by atoms with Crippen molar-refractivity contribution < 1.29 is 31.6 Å². The lowest BCUT2D eigenvalue weighted by molar-refractivity contribution is -0.275. The summed E-state index contributed by atoms with van der Waals surface area (Å²) >= 11 is 11.4. The molecule has 1 fully saturated rings. The van der Waals surface area contributed by atoms with Crippen LogP contribution >= 0.6 is 23.2 Å². The maximum absolute atomic E-state index is 15.5. The van der Waals surface area contributed by atoms with Crippen LogP contribution in [0.3, 0.4) is 0 Å². The fraction of sp³-hybridized carbons (Fsp3) is 0.375. The van der Waals surface area contributed by atoms with Crippen LogP contribution < -0.4 is 0 Å². The van der Waals surface area contributed by atoms with E-state index in [-0.39, 0.29) is 47.3 Å². The van der Waals surface area contributed by atoms with Gasteiger partial charge in [0.05, 0.1) is 40.5 Å². The quantitative estimate of drug-likeness (QED) is 0.337. The van der Waals surface area contributed by atoms with Crippen LogP contribution in [0.15, 0.2) is 35.5 Å². The van der Waals surface area contributed by atoms with Crippen LogP contribution in [0.2, 0.25) is 10.0 Å². The Hall–Kier alpha value is -2.90. The lowest BCUT2D eigenvalue weighted by Gasteiger charge is -2.45. The van der Waals surface area contributed by atoms with Gasteiger partial charge in [-0.2, -0.15) is 18.4 Å². The lowest BCUT2D eigenvalue weighted by Crippen LogP contribution is -2.60. The fourth-order valence-corrected chi connectivity index (χ4v) is 4.79. The number of amides is 1. The van der Waals surface area contributed by atoms with Gasteiger partial charge < -0.3 is 9.74 Å². The predicted molar refractivity (Wildman–Crippen MR) is 122 cm³/mol. The molecule has 4 rings (SSSR count). The third kappa shape index (κ3) is 4.18. The van der Waals surface area contributed by atoms with Crippen LogP contribution in [0.5, 0.6) is 0 Å². The van der Waals surface area contributed by atoms with Crippen LogP contribution in [0.4, 0.5) is 22.0 Å². The molecular weight excluding hydrogens is 528 g/mol. The number of nitrogens with zero attached hydrogens (tertiary/aromatic N) is 3. The topological polar surface area (TPSA) is 65.7 Å². The zero-order chi connectivity index (χ0) is 26.6. The molecule has 1 unspecified atom stereocenters. The SMILES string of the molecule is CC(C)C(=O)N1CC(F)(c2ccc(C3=NOC(c4cc(Cl)c(F)c(Cl)c4)(C(F)(F)F)C3)cc2C#N)C1. The molecule has 0 saturated carbocycles. The Morgan fingerprint density at radius 3 is 2.33 bits per heavy atom. The van der Waals surface area contributed by atoms with Crippen molar-refractivity contribution in [1.82, 2.24) is 4.90 Å². The minimum absolute atomic E-state index is 0.0280. The molecule has 2 aromatic carbocycles. The molecule has 1 saturated heterocycles. The predicted octanol–water partition coefficient (Wildman–Crippen LogP) is 6.25. The van der Waals surface area contributed by atoms with Crippen molar-refractivity contribution in [1.29, 1.82) is 5.26 Å². The van der Waals surface area contributed by atoms with Crippen molar-refractivity contribution in [2.45, 2.75) is 37.7 Å². The first-order valence-corrected chi connectivity index (χ1v) is 11.5. The fourth-order valence-electron chi connectivity index (χ4n) is 4.30. The van der Waals surface area contributed by atoms with E-state index in [4.69, 9.17) is 28.0 Å². The molecule has 2 heterocycles. The average molecular weight is 546 g/mol. The van der Waals surface area contributed by atoms with Crippen LogP contribution in [0.25, 0.3) is 0 Å². The van der Waals surface area contributed by atoms with Crippen LogP contribution in [-0.2, 0) is 20.9 Å². The van der Waals surface area contributed by atoms with E-state index in [9.17, 15) is 27.6 Å². The summed E-state index contributed by atoms with van der Waals surface area (Å²) in [6.45, 7) is 2.92. The number of hydrogen-bond acceptors (Lipinski definition) is 4. The highest BCUT2D eigenvalue weighted by Gasteiger charge is 2.62. The monoisotopic (exact) mass is 545 g/mol. The van der Waals surface area contributed by atoms with Gasteiger partial charge in [0.1, 0.15) is 0 Å². The summed E-state index contributed by atoms with van der Waals surface area (Å²) in [5.41, 5.74) is -5.63. The molecule has 0 radical (unpaired) electrons. The maximum atomic E-state index is 15.5. The Balaban J connectivity index is 1.64. The summed E-state index contributed by atoms with van der Waals surface area (Å²) in [5.74, 6) is -1.61. The van der Waals surface area contributed by atoms with E-state index < -0.39 is 45.3 Å². The standard InChI is InChI=1S/C24H18Cl2F5N3O2/c1-12(2)21(35)34-10-22(28,11-34)16-4-3-13(5-14(16)9-32)19-8-23(36-33-19,24(29,30)31)15-6-17(25)20(27)18(26)7-15/h3-7,12H,8,10-11H2,1-2H3. The van der Waals surface area contributed by atoms with Crippen molar-refractivity contribution in [3.05, 3.63) is 68.4 Å². The summed E-state index contributed by atoms with van der Waals surface area (Å²) in [4.78, 5) is 18.3. The van der Waals surface area contributed by atoms with Gasteiger partial charge in [-0.25, -0.2) is 8.78 Å². The van der Waals surface area contributed by atoms with Gasteiger partial charge in [0.2, 0.25) is 5.91 Å². The van der Waals surface area contributed by atoms with Gasteiger partial charge in [0, 0.05) is 29.0 Å². The summed E-state index contributed by atoms with van der Waals surface area (Å²) in [5, 5.41) is 12.0. The van der Waals surface area contributed by atoms with E-state index in [0.717, 1.165) is 12.1 Å². The van der Waals surface area contributed by atoms with Crippen molar-refractivity contribution in [2.24, 2.45) is 11.1 Å². The molecule has 0 spiro atoms. The lowest BCUT2D eigenvalue weighted by atomic mass is 9.82. The zero-order valence-electron chi connectivity index (χ0n) is 18.9. The molecule has 2 aromatic rings. The maximum Gasteiger partial charge on any atom is 0.435 e. The first kappa shape index (κ1) is 26.2. The molecule has 0 N–H and O–H groups in total. The van der Waals surface area contributed by atoms with Crippen molar-refractivity contribution >= 4 is 34.8 Å². The number of alkyl halides is 4. The molecule has 1 atom stereocenters. The summed E-state index contributed by atoms with van der Waals surface area (Å²) in [6, 6.07) is 7.27. The van der Waals surface area contributed by atoms with E-state index in [1.54, 1.807) is 13.8 Å². The number of carbonyl (C=O) groups excluding carboxylic acids is 1. The van der Waals surface area contributed by atoms with Gasteiger partial charge in [-0.1, -0.05) is 54.3 Å². The van der Waals surface area contributed by atoms with Crippen molar-refractivity contribution in [2.75, 3.05) is 13.1 Å². The first-order valence-electron chi connectivity index (χ1n) is 10.7. The Morgan fingerprint density at radius 2 is 1.81 bits per heavy atom. The molecule has 190 valence electrons. The molecule has 12 heteroatoms. The molecule has 0 bridgehead atoms. The van der Waals surface area contributed by atoms with Crippen LogP contribution in [0, 0.1) is 23.1 Å². The van der Waals surface area contributed by atoms with E-state index in [1.165, 1.54) is 23.1 Å². The van der Waals surface area contributed by atoms with Gasteiger partial charge in [0.15, 0.2) is 11.5 Å². The number of hydrogen-bond donors (Lipinski definition) is 0. The molecule has 2 aliphatic rings. The van der Waals surface area contributed by atoms with Crippen molar-refractivity contribution in [3.8, 4) is 6.07 Å². The number of oxime groups is 1. The van der Waals surface area contributed by atoms with Gasteiger partial charge in [-0.15, -0.1) is 0 Å². The molecule has 1 amide bonds. The molecule has 36 heavy (non-hydrogen) atoms. The van der Waals surface area contributed by atoms with E-state index in [0.29, 0.717) is 0 Å². The third-order valence-corrected chi connectivity index (χ3v) is 6.83. The Kier molecular flexibility index (Phi) is 6.46. The first-order chi connectivity index (χ1) is 16.7. The largest absolute Gasteiger partial charge is 0.435 e. The second kappa shape index (κ2) is 8.89. The third-order valence-electron chi connectivity index (χ3n) is 6.28. The Bertz CT molecular complexity index is 1290. The highest BCUT2D eigenvalue weighted by atomic mass is 35.5. The summed E-state index contributed by atoms with van der Waals surface area (Å²) in [7, 11) is 0. The normalized spacial score (nSPS) is 21.0. The average Bonchev–Trinajstić information content (AvgIpc) is 3.26. The van der Waals surface area contributed by atoms with E-state index in [2.05, 4.69) is 5.16 Å². The molecule has 0 aromatic heterocycles. The molecule has 2 aliphatic heterocycles. The van der Waals surface area contributed by atoms with E-state index in [1.807, 2.05) is 6.07 Å². The molecular formula is C24H18Cl2F5N3O2. The highest BCUT2D eigenvalue weighted by molar-refractivity contribution is 6.35. The zero-order valence-corrected chi connectivity index (χ0v) is 20.4. The minimum atomic E-state index is -5.00. The van der Waals surface area contributed by atoms with Gasteiger partial charge in [-0.3, -0.25) is 4.79 Å². The smallest absolute Gasteiger partial charge is 0.374 e. The number of nitriles is 1. The minimum Gasteiger partial charge on any atom is -0.374 e. The number of likely N-dealkylation sites (tertiary alicyclic amines) is 1. The number of carbonyl (C=O) groups is 1. The van der Waals surface area contributed by atoms with Gasteiger partial charge in [0.25, 0.3) is 5.60 Å². The molecule has 0 aliphatic carbocycles. The number of benzene rings is 2. The van der Waals surface area contributed by atoms with Crippen molar-refractivity contribution in [3.63, 3.8) is 0 Å². The summed E-state index contributed by atoms with van der Waals surface area (Å²) < 4.78 is 72.0. The van der Waals surface area contributed by atoms with Gasteiger partial charge in [-0.05, 0) is 18.2 Å². The molecule has 5 nitrogen and oxygen atoms in total. The Labute approximate surface area is 213 Å². The van der Waals surface area contributed by atoms with Crippen LogP contribution in [-0.4, -0.2) is 35.8 Å². The second-order valence-corrected chi connectivity index (χ2v) is 9.89. The number of halogens is 7. The second-order valence-electron chi connectivity index (χ2n) is 9.07.